The van der Waals surface area contributed by atoms with Crippen molar-refractivity contribution in [3.05, 3.63) is 41.1 Å². The van der Waals surface area contributed by atoms with Gasteiger partial charge >= 0.3 is 0 Å². The molecule has 0 saturated carbocycles. The van der Waals surface area contributed by atoms with Crippen molar-refractivity contribution in [2.24, 2.45) is 11.7 Å². The normalized spacial score (nSPS) is 12.4. The summed E-state index contributed by atoms with van der Waals surface area (Å²) in [5, 5.41) is 4.56. The van der Waals surface area contributed by atoms with Crippen LogP contribution in [0.4, 0.5) is 0 Å². The average Bonchev–Trinajstić information content (AvgIpc) is 3.01. The molecule has 2 N–H and O–H groups in total. The third-order valence-electron chi connectivity index (χ3n) is 3.84. The fourth-order valence-electron chi connectivity index (χ4n) is 2.13. The monoisotopic (exact) mass is 335 g/mol. The summed E-state index contributed by atoms with van der Waals surface area (Å²) in [4.78, 5) is 14.0. The Morgan fingerprint density at radius 2 is 2.13 bits per heavy atom. The Balaban J connectivity index is 2.03. The van der Waals surface area contributed by atoms with Gasteiger partial charge in [0.25, 0.3) is 5.91 Å². The third-order valence-corrected chi connectivity index (χ3v) is 4.08. The molecule has 1 amide bonds. The first-order chi connectivity index (χ1) is 10.9. The molecule has 1 heterocycles. The van der Waals surface area contributed by atoms with Crippen molar-refractivity contribution in [1.82, 2.24) is 10.1 Å². The van der Waals surface area contributed by atoms with E-state index in [9.17, 15) is 4.79 Å². The van der Waals surface area contributed by atoms with Gasteiger partial charge in [0.2, 0.25) is 5.76 Å². The molecule has 1 aromatic carbocycles. The van der Waals surface area contributed by atoms with Crippen molar-refractivity contribution in [1.29, 1.82) is 0 Å². The van der Waals surface area contributed by atoms with E-state index >= 15 is 0 Å². The predicted octanol–water partition coefficient (Wildman–Crippen LogP) is 3.44. The number of rotatable bonds is 6. The maximum Gasteiger partial charge on any atom is 0.292 e. The van der Waals surface area contributed by atoms with E-state index < -0.39 is 0 Å². The average molecular weight is 336 g/mol. The molecule has 1 atom stereocenters. The largest absolute Gasteiger partial charge is 0.350 e. The Labute approximate surface area is 141 Å². The molecule has 1 aromatic heterocycles. The molecule has 0 aliphatic rings. The van der Waals surface area contributed by atoms with E-state index in [2.05, 4.69) is 19.0 Å². The smallest absolute Gasteiger partial charge is 0.292 e. The Morgan fingerprint density at radius 3 is 2.78 bits per heavy atom. The van der Waals surface area contributed by atoms with E-state index in [0.29, 0.717) is 23.2 Å². The summed E-state index contributed by atoms with van der Waals surface area (Å²) >= 11 is 5.97. The molecule has 0 bridgehead atoms. The van der Waals surface area contributed by atoms with Gasteiger partial charge in [0.15, 0.2) is 0 Å². The molecular formula is C17H22ClN3O2. The number of hydrogen-bond acceptors (Lipinski definition) is 4. The van der Waals surface area contributed by atoms with Crippen LogP contribution in [0.25, 0.3) is 11.3 Å². The highest BCUT2D eigenvalue weighted by Gasteiger charge is 2.19. The summed E-state index contributed by atoms with van der Waals surface area (Å²) in [6.07, 6.45) is 0.745. The van der Waals surface area contributed by atoms with Gasteiger partial charge in [-0.05, 0) is 24.5 Å². The van der Waals surface area contributed by atoms with Crippen LogP contribution in [0.5, 0.6) is 0 Å². The van der Waals surface area contributed by atoms with E-state index in [1.165, 1.54) is 0 Å². The molecule has 0 fully saturated rings. The number of halogens is 1. The maximum atomic E-state index is 12.4. The number of carbonyl (C=O) groups excluding carboxylic acids is 1. The van der Waals surface area contributed by atoms with Crippen LogP contribution in [0.2, 0.25) is 5.02 Å². The van der Waals surface area contributed by atoms with Crippen molar-refractivity contribution in [2.45, 2.75) is 26.3 Å². The highest BCUT2D eigenvalue weighted by Crippen LogP contribution is 2.22. The minimum atomic E-state index is -0.207. The van der Waals surface area contributed by atoms with Crippen LogP contribution in [-0.4, -0.2) is 35.6 Å². The summed E-state index contributed by atoms with van der Waals surface area (Å²) in [6, 6.07) is 8.95. The summed E-state index contributed by atoms with van der Waals surface area (Å²) < 4.78 is 5.18. The van der Waals surface area contributed by atoms with Crippen LogP contribution < -0.4 is 5.73 Å². The molecule has 5 nitrogen and oxygen atoms in total. The van der Waals surface area contributed by atoms with Gasteiger partial charge in [-0.1, -0.05) is 42.7 Å². The quantitative estimate of drug-likeness (QED) is 0.877. The van der Waals surface area contributed by atoms with Gasteiger partial charge in [0.05, 0.1) is 0 Å². The lowest BCUT2D eigenvalue weighted by atomic mass is 10.0. The molecule has 0 saturated heterocycles. The minimum absolute atomic E-state index is 0.0713. The first-order valence-electron chi connectivity index (χ1n) is 7.62. The number of nitrogens with zero attached hydrogens (tertiary/aromatic N) is 2. The molecule has 2 aromatic rings. The van der Waals surface area contributed by atoms with Gasteiger partial charge in [0.1, 0.15) is 5.69 Å². The molecule has 23 heavy (non-hydrogen) atoms. The molecule has 0 spiro atoms. The highest BCUT2D eigenvalue weighted by molar-refractivity contribution is 6.30. The SMILES string of the molecule is CC(C)C(N)CCN(C)C(=O)c1cc(-c2cccc(Cl)c2)no1. The van der Waals surface area contributed by atoms with E-state index in [4.69, 9.17) is 21.9 Å². The highest BCUT2D eigenvalue weighted by atomic mass is 35.5. The molecule has 6 heteroatoms. The lowest BCUT2D eigenvalue weighted by Gasteiger charge is -2.20. The van der Waals surface area contributed by atoms with Crippen LogP contribution in [0, 0.1) is 5.92 Å². The Kier molecular flexibility index (Phi) is 5.80. The van der Waals surface area contributed by atoms with Crippen molar-refractivity contribution in [3.8, 4) is 11.3 Å². The lowest BCUT2D eigenvalue weighted by molar-refractivity contribution is 0.0748. The molecular weight excluding hydrogens is 314 g/mol. The fourth-order valence-corrected chi connectivity index (χ4v) is 2.32. The maximum absolute atomic E-state index is 12.4. The zero-order valence-electron chi connectivity index (χ0n) is 13.6. The molecule has 0 aliphatic carbocycles. The number of amides is 1. The zero-order valence-corrected chi connectivity index (χ0v) is 14.4. The molecule has 0 aliphatic heterocycles. The Bertz CT molecular complexity index is 669. The van der Waals surface area contributed by atoms with Crippen molar-refractivity contribution >= 4 is 17.5 Å². The van der Waals surface area contributed by atoms with Gasteiger partial charge in [-0.2, -0.15) is 0 Å². The van der Waals surface area contributed by atoms with E-state index in [1.54, 1.807) is 30.1 Å². The fraction of sp³-hybridized carbons (Fsp3) is 0.412. The lowest BCUT2D eigenvalue weighted by Crippen LogP contribution is -2.34. The number of hydrogen-bond donors (Lipinski definition) is 1. The Morgan fingerprint density at radius 1 is 1.39 bits per heavy atom. The van der Waals surface area contributed by atoms with Crippen molar-refractivity contribution in [2.75, 3.05) is 13.6 Å². The van der Waals surface area contributed by atoms with Gasteiger partial charge in [-0.15, -0.1) is 0 Å². The predicted molar refractivity (Wildman–Crippen MR) is 91.3 cm³/mol. The summed E-state index contributed by atoms with van der Waals surface area (Å²) in [5.41, 5.74) is 7.41. The van der Waals surface area contributed by atoms with Gasteiger partial charge in [0, 0.05) is 36.3 Å². The molecule has 1 unspecified atom stereocenters. The van der Waals surface area contributed by atoms with Crippen molar-refractivity contribution < 1.29 is 9.32 Å². The topological polar surface area (TPSA) is 72.4 Å². The van der Waals surface area contributed by atoms with Gasteiger partial charge < -0.3 is 15.2 Å². The van der Waals surface area contributed by atoms with Crippen LogP contribution in [0.3, 0.4) is 0 Å². The second-order valence-electron chi connectivity index (χ2n) is 6.01. The van der Waals surface area contributed by atoms with Crippen LogP contribution in [0.1, 0.15) is 30.8 Å². The van der Waals surface area contributed by atoms with E-state index in [1.807, 2.05) is 12.1 Å². The van der Waals surface area contributed by atoms with Crippen LogP contribution in [0.15, 0.2) is 34.9 Å². The van der Waals surface area contributed by atoms with Crippen LogP contribution in [-0.2, 0) is 0 Å². The Hall–Kier alpha value is -1.85. The summed E-state index contributed by atoms with van der Waals surface area (Å²) in [6.45, 7) is 4.71. The van der Waals surface area contributed by atoms with Gasteiger partial charge in [-0.3, -0.25) is 4.79 Å². The molecule has 0 radical (unpaired) electrons. The van der Waals surface area contributed by atoms with Crippen LogP contribution >= 0.6 is 11.6 Å². The number of aromatic nitrogens is 1. The summed E-state index contributed by atoms with van der Waals surface area (Å²) in [5.74, 6) is 0.389. The molecule has 2 rings (SSSR count). The standard InChI is InChI=1S/C17H22ClN3O2/c1-11(2)14(19)7-8-21(3)17(22)16-10-15(20-23-16)12-5-4-6-13(18)9-12/h4-6,9-11,14H,7-8,19H2,1-3H3. The second-order valence-corrected chi connectivity index (χ2v) is 6.45. The summed E-state index contributed by atoms with van der Waals surface area (Å²) in [7, 11) is 1.73. The van der Waals surface area contributed by atoms with Crippen molar-refractivity contribution in [3.63, 3.8) is 0 Å². The van der Waals surface area contributed by atoms with E-state index in [0.717, 1.165) is 12.0 Å². The first-order valence-corrected chi connectivity index (χ1v) is 8.00. The third kappa shape index (κ3) is 4.56. The zero-order chi connectivity index (χ0) is 17.0. The minimum Gasteiger partial charge on any atom is -0.350 e. The number of carbonyl (C=O) groups is 1. The van der Waals surface area contributed by atoms with E-state index in [-0.39, 0.29) is 17.7 Å². The number of nitrogens with two attached hydrogens (primary N) is 1. The second kappa shape index (κ2) is 7.62. The number of benzene rings is 1. The van der Waals surface area contributed by atoms with Gasteiger partial charge in [-0.25, -0.2) is 0 Å². The first kappa shape index (κ1) is 17.5. The molecule has 124 valence electrons.